The van der Waals surface area contributed by atoms with Gasteiger partial charge in [0.25, 0.3) is 0 Å². The Morgan fingerprint density at radius 2 is 1.62 bits per heavy atom. The molecular weight excluding hydrogens is 415 g/mol. The standard InChI is InChI=1S/C25H26F3N3O/c1-3-31(4-2)17-19-15-22(11-12-24(19)32)30-23-13-14-29-21(16-23)10-7-18-5-8-20(9-6-18)25(26,27)28/h5-16,32H,3-4,17H2,1-2H3,(H,29,30)/b10-7+. The number of pyridine rings is 1. The van der Waals surface area contributed by atoms with E-state index in [9.17, 15) is 18.3 Å². The molecular formula is C25H26F3N3O. The predicted octanol–water partition coefficient (Wildman–Crippen LogP) is 6.56. The molecule has 0 aliphatic heterocycles. The van der Waals surface area contributed by atoms with Gasteiger partial charge in [-0.25, -0.2) is 0 Å². The van der Waals surface area contributed by atoms with E-state index in [2.05, 4.69) is 29.0 Å². The van der Waals surface area contributed by atoms with Gasteiger partial charge in [-0.3, -0.25) is 9.88 Å². The van der Waals surface area contributed by atoms with Crippen LogP contribution >= 0.6 is 0 Å². The zero-order valence-corrected chi connectivity index (χ0v) is 18.0. The third kappa shape index (κ3) is 6.34. The van der Waals surface area contributed by atoms with Crippen molar-refractivity contribution in [2.24, 2.45) is 0 Å². The first-order valence-corrected chi connectivity index (χ1v) is 10.4. The van der Waals surface area contributed by atoms with Crippen LogP contribution in [0.3, 0.4) is 0 Å². The number of alkyl halides is 3. The molecule has 2 N–H and O–H groups in total. The Kier molecular flexibility index (Phi) is 7.53. The molecule has 0 radical (unpaired) electrons. The zero-order chi connectivity index (χ0) is 23.1. The Balaban J connectivity index is 1.72. The van der Waals surface area contributed by atoms with Gasteiger partial charge in [-0.15, -0.1) is 0 Å². The van der Waals surface area contributed by atoms with Crippen molar-refractivity contribution in [2.75, 3.05) is 18.4 Å². The van der Waals surface area contributed by atoms with Crippen LogP contribution in [-0.2, 0) is 12.7 Å². The molecule has 0 aliphatic carbocycles. The summed E-state index contributed by atoms with van der Waals surface area (Å²) in [6, 6.07) is 14.0. The largest absolute Gasteiger partial charge is 0.508 e. The van der Waals surface area contributed by atoms with Gasteiger partial charge >= 0.3 is 6.18 Å². The highest BCUT2D eigenvalue weighted by Crippen LogP contribution is 2.29. The number of benzene rings is 2. The number of aromatic nitrogens is 1. The molecule has 1 heterocycles. The molecule has 1 aromatic heterocycles. The number of phenols is 1. The second-order valence-corrected chi connectivity index (χ2v) is 7.35. The van der Waals surface area contributed by atoms with Gasteiger partial charge in [0.05, 0.1) is 11.3 Å². The maximum Gasteiger partial charge on any atom is 0.416 e. The van der Waals surface area contributed by atoms with Gasteiger partial charge in [-0.05, 0) is 67.2 Å². The van der Waals surface area contributed by atoms with E-state index in [-0.39, 0.29) is 5.75 Å². The highest BCUT2D eigenvalue weighted by molar-refractivity contribution is 5.71. The summed E-state index contributed by atoms with van der Waals surface area (Å²) in [6.07, 6.45) is 0.778. The van der Waals surface area contributed by atoms with Crippen molar-refractivity contribution in [1.82, 2.24) is 9.88 Å². The minimum atomic E-state index is -4.34. The minimum absolute atomic E-state index is 0.261. The Labute approximate surface area is 186 Å². The van der Waals surface area contributed by atoms with Gasteiger partial charge in [0.1, 0.15) is 5.75 Å². The smallest absolute Gasteiger partial charge is 0.416 e. The number of nitrogens with one attached hydrogen (secondary N) is 1. The number of anilines is 2. The molecule has 0 fully saturated rings. The Bertz CT molecular complexity index is 1060. The average Bonchev–Trinajstić information content (AvgIpc) is 2.78. The molecule has 3 rings (SSSR count). The number of aromatic hydroxyl groups is 1. The van der Waals surface area contributed by atoms with E-state index in [1.807, 2.05) is 18.2 Å². The second-order valence-electron chi connectivity index (χ2n) is 7.35. The first kappa shape index (κ1) is 23.3. The van der Waals surface area contributed by atoms with Crippen LogP contribution in [0.1, 0.15) is 36.2 Å². The van der Waals surface area contributed by atoms with E-state index in [0.29, 0.717) is 17.8 Å². The molecule has 168 valence electrons. The Morgan fingerprint density at radius 3 is 2.28 bits per heavy atom. The van der Waals surface area contributed by atoms with Gasteiger partial charge in [-0.2, -0.15) is 13.2 Å². The minimum Gasteiger partial charge on any atom is -0.508 e. The third-order valence-corrected chi connectivity index (χ3v) is 5.12. The lowest BCUT2D eigenvalue weighted by Crippen LogP contribution is -2.22. The molecule has 0 bridgehead atoms. The van der Waals surface area contributed by atoms with Crippen molar-refractivity contribution in [2.45, 2.75) is 26.6 Å². The summed E-state index contributed by atoms with van der Waals surface area (Å²) < 4.78 is 38.1. The maximum absolute atomic E-state index is 12.7. The van der Waals surface area contributed by atoms with Crippen LogP contribution in [0.2, 0.25) is 0 Å². The Morgan fingerprint density at radius 1 is 0.938 bits per heavy atom. The molecule has 3 aromatic rings. The molecule has 2 aromatic carbocycles. The molecule has 4 nitrogen and oxygen atoms in total. The number of nitrogens with zero attached hydrogens (tertiary/aromatic N) is 2. The second kappa shape index (κ2) is 10.3. The van der Waals surface area contributed by atoms with Crippen molar-refractivity contribution in [3.8, 4) is 5.75 Å². The van der Waals surface area contributed by atoms with Crippen LogP contribution in [0.4, 0.5) is 24.5 Å². The normalized spacial score (nSPS) is 11.9. The highest BCUT2D eigenvalue weighted by Gasteiger charge is 2.29. The lowest BCUT2D eigenvalue weighted by atomic mass is 10.1. The van der Waals surface area contributed by atoms with Crippen molar-refractivity contribution in [3.05, 3.63) is 83.2 Å². The molecule has 32 heavy (non-hydrogen) atoms. The van der Waals surface area contributed by atoms with Crippen molar-refractivity contribution in [3.63, 3.8) is 0 Å². The van der Waals surface area contributed by atoms with Gasteiger partial charge in [0, 0.05) is 29.7 Å². The van der Waals surface area contributed by atoms with Gasteiger partial charge in [-0.1, -0.05) is 32.1 Å². The van der Waals surface area contributed by atoms with Crippen LogP contribution in [0, 0.1) is 0 Å². The van der Waals surface area contributed by atoms with E-state index in [0.717, 1.165) is 42.2 Å². The van der Waals surface area contributed by atoms with Crippen LogP contribution in [-0.4, -0.2) is 28.1 Å². The van der Waals surface area contributed by atoms with Gasteiger partial charge in [0.2, 0.25) is 0 Å². The zero-order valence-electron chi connectivity index (χ0n) is 18.0. The van der Waals surface area contributed by atoms with E-state index >= 15 is 0 Å². The van der Waals surface area contributed by atoms with Crippen molar-refractivity contribution in [1.29, 1.82) is 0 Å². The third-order valence-electron chi connectivity index (χ3n) is 5.12. The van der Waals surface area contributed by atoms with Crippen molar-refractivity contribution >= 4 is 23.5 Å². The summed E-state index contributed by atoms with van der Waals surface area (Å²) in [7, 11) is 0. The topological polar surface area (TPSA) is 48.4 Å². The summed E-state index contributed by atoms with van der Waals surface area (Å²) >= 11 is 0. The van der Waals surface area contributed by atoms with E-state index in [1.54, 1.807) is 30.5 Å². The number of rotatable bonds is 8. The number of hydrogen-bond acceptors (Lipinski definition) is 4. The maximum atomic E-state index is 12.7. The van der Waals surface area contributed by atoms with Gasteiger partial charge < -0.3 is 10.4 Å². The average molecular weight is 441 g/mol. The fourth-order valence-corrected chi connectivity index (χ4v) is 3.23. The molecule has 0 amide bonds. The first-order valence-electron chi connectivity index (χ1n) is 10.4. The SMILES string of the molecule is CCN(CC)Cc1cc(Nc2ccnc(/C=C/c3ccc(C(F)(F)F)cc3)c2)ccc1O. The summed E-state index contributed by atoms with van der Waals surface area (Å²) in [4.78, 5) is 6.51. The van der Waals surface area contributed by atoms with Crippen LogP contribution in [0.25, 0.3) is 12.2 Å². The molecule has 0 saturated heterocycles. The van der Waals surface area contributed by atoms with Gasteiger partial charge in [0.15, 0.2) is 0 Å². The van der Waals surface area contributed by atoms with Crippen molar-refractivity contribution < 1.29 is 18.3 Å². The van der Waals surface area contributed by atoms with Crippen LogP contribution in [0.5, 0.6) is 5.75 Å². The first-order chi connectivity index (χ1) is 15.3. The fourth-order valence-electron chi connectivity index (χ4n) is 3.23. The monoisotopic (exact) mass is 441 g/mol. The molecule has 0 spiro atoms. The Hall–Kier alpha value is -3.32. The molecule has 0 atom stereocenters. The van der Waals surface area contributed by atoms with E-state index in [1.165, 1.54) is 12.1 Å². The summed E-state index contributed by atoms with van der Waals surface area (Å²) in [5.41, 5.74) is 3.14. The number of hydrogen-bond donors (Lipinski definition) is 2. The number of halogens is 3. The van der Waals surface area contributed by atoms with E-state index in [4.69, 9.17) is 0 Å². The van der Waals surface area contributed by atoms with Crippen LogP contribution < -0.4 is 5.32 Å². The molecule has 7 heteroatoms. The quantitative estimate of drug-likeness (QED) is 0.389. The fraction of sp³-hybridized carbons (Fsp3) is 0.240. The lowest BCUT2D eigenvalue weighted by Gasteiger charge is -2.19. The van der Waals surface area contributed by atoms with E-state index < -0.39 is 11.7 Å². The number of phenolic OH excluding ortho intramolecular Hbond substituents is 1. The van der Waals surface area contributed by atoms with Crippen LogP contribution in [0.15, 0.2) is 60.8 Å². The summed E-state index contributed by atoms with van der Waals surface area (Å²) in [5, 5.41) is 13.5. The molecule has 0 saturated carbocycles. The summed E-state index contributed by atoms with van der Waals surface area (Å²) in [5.74, 6) is 0.261. The molecule has 0 aliphatic rings. The lowest BCUT2D eigenvalue weighted by molar-refractivity contribution is -0.137. The molecule has 0 unspecified atom stereocenters. The highest BCUT2D eigenvalue weighted by atomic mass is 19.4. The summed E-state index contributed by atoms with van der Waals surface area (Å²) in [6.45, 7) is 6.61. The predicted molar refractivity (Wildman–Crippen MR) is 123 cm³/mol.